The van der Waals surface area contributed by atoms with Gasteiger partial charge in [-0.2, -0.15) is 0 Å². The fraction of sp³-hybridized carbons (Fsp3) is 0. The lowest BCUT2D eigenvalue weighted by Gasteiger charge is -2.12. The Hall–Kier alpha value is -6.72. The summed E-state index contributed by atoms with van der Waals surface area (Å²) in [6.45, 7) is 0. The first kappa shape index (κ1) is 27.4. The van der Waals surface area contributed by atoms with Crippen molar-refractivity contribution in [2.24, 2.45) is 0 Å². The summed E-state index contributed by atoms with van der Waals surface area (Å²) in [5.74, 6) is 2.28. The Morgan fingerprint density at radius 1 is 0.347 bits per heavy atom. The Morgan fingerprint density at radius 2 is 0.918 bits per heavy atom. The van der Waals surface area contributed by atoms with Crippen LogP contribution in [0.3, 0.4) is 0 Å². The lowest BCUT2D eigenvalue weighted by atomic mass is 9.96. The standard InChI is InChI=1S/C44H26N4O/c1-2-12-29(13-3-1)41-46-42(31-20-22-33-30(26-31)19-24-35-32-14-6-4-10-27(32)18-23-36(33)35)48-43(47-41)37-16-8-9-17-38(37)44-45-40-34-15-7-5-11-28(34)21-25-39(40)49-44/h1-26H. The van der Waals surface area contributed by atoms with Crippen LogP contribution in [-0.2, 0) is 0 Å². The average Bonchev–Trinajstić information content (AvgIpc) is 3.63. The maximum absolute atomic E-state index is 6.38. The Bertz CT molecular complexity index is 2890. The van der Waals surface area contributed by atoms with Crippen molar-refractivity contribution in [2.45, 2.75) is 0 Å². The van der Waals surface area contributed by atoms with Crippen molar-refractivity contribution >= 4 is 54.2 Å². The van der Waals surface area contributed by atoms with Gasteiger partial charge in [-0.05, 0) is 55.9 Å². The van der Waals surface area contributed by atoms with Crippen LogP contribution >= 0.6 is 0 Å². The van der Waals surface area contributed by atoms with Crippen LogP contribution < -0.4 is 0 Å². The van der Waals surface area contributed by atoms with Crippen LogP contribution in [0.5, 0.6) is 0 Å². The number of benzene rings is 8. The van der Waals surface area contributed by atoms with Gasteiger partial charge in [-0.15, -0.1) is 0 Å². The van der Waals surface area contributed by atoms with Crippen molar-refractivity contribution in [1.29, 1.82) is 0 Å². The lowest BCUT2D eigenvalue weighted by Crippen LogP contribution is -2.01. The second-order valence-corrected chi connectivity index (χ2v) is 12.3. The molecule has 10 rings (SSSR count). The molecule has 0 amide bonds. The minimum atomic E-state index is 0.523. The third kappa shape index (κ3) is 4.55. The summed E-state index contributed by atoms with van der Waals surface area (Å²) >= 11 is 0. The Kier molecular flexibility index (Phi) is 6.11. The molecule has 0 radical (unpaired) electrons. The molecule has 0 saturated carbocycles. The number of oxazole rings is 1. The summed E-state index contributed by atoms with van der Waals surface area (Å²) in [6.07, 6.45) is 0. The molecule has 0 aliphatic rings. The number of nitrogens with zero attached hydrogens (tertiary/aromatic N) is 4. The number of fused-ring (bicyclic) bond motifs is 8. The summed E-state index contributed by atoms with van der Waals surface area (Å²) in [7, 11) is 0. The van der Waals surface area contributed by atoms with Crippen LogP contribution in [0.2, 0.25) is 0 Å². The van der Waals surface area contributed by atoms with Crippen LogP contribution in [0.4, 0.5) is 0 Å². The maximum atomic E-state index is 6.38. The van der Waals surface area contributed by atoms with Gasteiger partial charge in [0.2, 0.25) is 5.89 Å². The smallest absolute Gasteiger partial charge is 0.228 e. The van der Waals surface area contributed by atoms with E-state index in [0.717, 1.165) is 49.5 Å². The summed E-state index contributed by atoms with van der Waals surface area (Å²) in [4.78, 5) is 20.2. The molecule has 0 unspecified atom stereocenters. The molecule has 5 nitrogen and oxygen atoms in total. The van der Waals surface area contributed by atoms with Crippen molar-refractivity contribution in [2.75, 3.05) is 0 Å². The quantitative estimate of drug-likeness (QED) is 0.182. The molecule has 228 valence electrons. The molecular formula is C44H26N4O. The fourth-order valence-electron chi connectivity index (χ4n) is 6.95. The van der Waals surface area contributed by atoms with Crippen molar-refractivity contribution in [3.63, 3.8) is 0 Å². The fourth-order valence-corrected chi connectivity index (χ4v) is 6.95. The molecule has 8 aromatic carbocycles. The molecule has 0 aliphatic heterocycles. The van der Waals surface area contributed by atoms with E-state index in [1.807, 2.05) is 72.8 Å². The van der Waals surface area contributed by atoms with E-state index in [0.29, 0.717) is 23.4 Å². The van der Waals surface area contributed by atoms with Crippen molar-refractivity contribution in [3.05, 3.63) is 158 Å². The molecule has 5 heteroatoms. The van der Waals surface area contributed by atoms with E-state index >= 15 is 0 Å². The van der Waals surface area contributed by atoms with Crippen LogP contribution in [0.25, 0.3) is 99.8 Å². The second kappa shape index (κ2) is 10.9. The highest BCUT2D eigenvalue weighted by molar-refractivity contribution is 6.17. The second-order valence-electron chi connectivity index (χ2n) is 12.3. The monoisotopic (exact) mass is 626 g/mol. The summed E-state index contributed by atoms with van der Waals surface area (Å²) in [5.41, 5.74) is 5.03. The Morgan fingerprint density at radius 3 is 1.73 bits per heavy atom. The van der Waals surface area contributed by atoms with Crippen molar-refractivity contribution in [1.82, 2.24) is 19.9 Å². The van der Waals surface area contributed by atoms with Crippen LogP contribution in [0.15, 0.2) is 162 Å². The van der Waals surface area contributed by atoms with Crippen LogP contribution in [-0.4, -0.2) is 19.9 Å². The summed E-state index contributed by atoms with van der Waals surface area (Å²) < 4.78 is 6.38. The van der Waals surface area contributed by atoms with Gasteiger partial charge in [-0.25, -0.2) is 19.9 Å². The van der Waals surface area contributed by atoms with E-state index in [1.54, 1.807) is 0 Å². The van der Waals surface area contributed by atoms with Gasteiger partial charge in [0.05, 0.1) is 0 Å². The van der Waals surface area contributed by atoms with E-state index < -0.39 is 0 Å². The van der Waals surface area contributed by atoms with Gasteiger partial charge in [-0.3, -0.25) is 0 Å². The van der Waals surface area contributed by atoms with Crippen LogP contribution in [0, 0.1) is 0 Å². The van der Waals surface area contributed by atoms with Crippen molar-refractivity contribution < 1.29 is 4.42 Å². The zero-order chi connectivity index (χ0) is 32.3. The molecule has 2 heterocycles. The lowest BCUT2D eigenvalue weighted by molar-refractivity contribution is 0.620. The predicted molar refractivity (Wildman–Crippen MR) is 199 cm³/mol. The Balaban J connectivity index is 1.15. The van der Waals surface area contributed by atoms with Gasteiger partial charge in [0, 0.05) is 27.6 Å². The largest absolute Gasteiger partial charge is 0.436 e. The van der Waals surface area contributed by atoms with Gasteiger partial charge in [0.1, 0.15) is 5.52 Å². The first-order chi connectivity index (χ1) is 24.3. The van der Waals surface area contributed by atoms with Gasteiger partial charge in [0.25, 0.3) is 0 Å². The minimum absolute atomic E-state index is 0.523. The molecule has 0 spiro atoms. The number of aromatic nitrogens is 4. The van der Waals surface area contributed by atoms with E-state index in [9.17, 15) is 0 Å². The third-order valence-corrected chi connectivity index (χ3v) is 9.35. The zero-order valence-corrected chi connectivity index (χ0v) is 26.2. The van der Waals surface area contributed by atoms with E-state index in [1.165, 1.54) is 26.9 Å². The van der Waals surface area contributed by atoms with Gasteiger partial charge < -0.3 is 4.42 Å². The molecule has 49 heavy (non-hydrogen) atoms. The third-order valence-electron chi connectivity index (χ3n) is 9.35. The van der Waals surface area contributed by atoms with Crippen molar-refractivity contribution in [3.8, 4) is 45.6 Å². The van der Waals surface area contributed by atoms with E-state index in [2.05, 4.69) is 84.9 Å². The van der Waals surface area contributed by atoms with Gasteiger partial charge in [-0.1, -0.05) is 140 Å². The maximum Gasteiger partial charge on any atom is 0.228 e. The topological polar surface area (TPSA) is 64.7 Å². The predicted octanol–water partition coefficient (Wildman–Crippen LogP) is 11.3. The highest BCUT2D eigenvalue weighted by Crippen LogP contribution is 2.37. The van der Waals surface area contributed by atoms with E-state index in [-0.39, 0.29) is 0 Å². The minimum Gasteiger partial charge on any atom is -0.436 e. The first-order valence-corrected chi connectivity index (χ1v) is 16.3. The Labute approximate surface area is 281 Å². The molecule has 0 fully saturated rings. The average molecular weight is 627 g/mol. The number of hydrogen-bond donors (Lipinski definition) is 0. The SMILES string of the molecule is c1ccc(-c2nc(-c3ccc4c(ccc5c6ccccc6ccc45)c3)nc(-c3ccccc3-c3nc4c(ccc5ccccc54)o3)n2)cc1. The molecule has 10 aromatic rings. The number of hydrogen-bond acceptors (Lipinski definition) is 5. The molecule has 0 bridgehead atoms. The van der Waals surface area contributed by atoms with Gasteiger partial charge in [0.15, 0.2) is 23.1 Å². The highest BCUT2D eigenvalue weighted by Gasteiger charge is 2.19. The van der Waals surface area contributed by atoms with Gasteiger partial charge >= 0.3 is 0 Å². The zero-order valence-electron chi connectivity index (χ0n) is 26.2. The molecule has 0 N–H and O–H groups in total. The normalized spacial score (nSPS) is 11.7. The van der Waals surface area contributed by atoms with E-state index in [4.69, 9.17) is 24.4 Å². The molecular weight excluding hydrogens is 601 g/mol. The molecule has 0 saturated heterocycles. The number of rotatable bonds is 4. The first-order valence-electron chi connectivity index (χ1n) is 16.3. The molecule has 0 atom stereocenters. The highest BCUT2D eigenvalue weighted by atomic mass is 16.3. The summed E-state index contributed by atoms with van der Waals surface area (Å²) in [6, 6.07) is 54.2. The van der Waals surface area contributed by atoms with Crippen LogP contribution in [0.1, 0.15) is 0 Å². The molecule has 0 aliphatic carbocycles. The molecule has 2 aromatic heterocycles. The summed E-state index contributed by atoms with van der Waals surface area (Å²) in [5, 5.41) is 9.46.